The molecule has 0 spiro atoms. The summed E-state index contributed by atoms with van der Waals surface area (Å²) in [6.07, 6.45) is 6.37. The van der Waals surface area contributed by atoms with Crippen molar-refractivity contribution in [2.24, 2.45) is 0 Å². The number of fused-ring (bicyclic) bond motifs is 1. The van der Waals surface area contributed by atoms with Crippen LogP contribution < -0.4 is 4.74 Å². The van der Waals surface area contributed by atoms with Crippen molar-refractivity contribution in [1.82, 2.24) is 19.2 Å². The van der Waals surface area contributed by atoms with Gasteiger partial charge in [-0.05, 0) is 6.42 Å². The molecule has 100 valence electrons. The van der Waals surface area contributed by atoms with Crippen molar-refractivity contribution in [3.63, 3.8) is 0 Å². The topological polar surface area (TPSA) is 64.6 Å². The standard InChI is InChI=1S/C12H14N4O2S/c1-2-3-15-7-9(6-13-15)18-11-10(8-17)16-4-5-19-12(16)14-11/h4-7,17H,2-3,8H2,1H3. The van der Waals surface area contributed by atoms with Crippen LogP contribution in [0.2, 0.25) is 0 Å². The molecular formula is C12H14N4O2S. The Balaban J connectivity index is 1.89. The average molecular weight is 278 g/mol. The van der Waals surface area contributed by atoms with Crippen LogP contribution in [0.4, 0.5) is 0 Å². The molecule has 19 heavy (non-hydrogen) atoms. The molecule has 3 aromatic rings. The maximum Gasteiger partial charge on any atom is 0.244 e. The molecule has 0 aliphatic rings. The van der Waals surface area contributed by atoms with Gasteiger partial charge in [0.1, 0.15) is 5.69 Å². The fraction of sp³-hybridized carbons (Fsp3) is 0.333. The number of nitrogens with zero attached hydrogens (tertiary/aromatic N) is 4. The summed E-state index contributed by atoms with van der Waals surface area (Å²) in [7, 11) is 0. The van der Waals surface area contributed by atoms with E-state index >= 15 is 0 Å². The number of imidazole rings is 1. The van der Waals surface area contributed by atoms with Crippen LogP contribution in [-0.2, 0) is 13.2 Å². The van der Waals surface area contributed by atoms with Crippen molar-refractivity contribution in [2.75, 3.05) is 0 Å². The predicted octanol–water partition coefficient (Wildman–Crippen LogP) is 2.29. The Labute approximate surface area is 113 Å². The molecule has 3 aromatic heterocycles. The van der Waals surface area contributed by atoms with Gasteiger partial charge in [-0.2, -0.15) is 10.1 Å². The minimum absolute atomic E-state index is 0.115. The third kappa shape index (κ3) is 2.22. The molecule has 3 rings (SSSR count). The van der Waals surface area contributed by atoms with E-state index in [1.54, 1.807) is 6.20 Å². The first-order valence-electron chi connectivity index (χ1n) is 6.07. The van der Waals surface area contributed by atoms with Crippen LogP contribution in [0.1, 0.15) is 19.0 Å². The highest BCUT2D eigenvalue weighted by Gasteiger charge is 2.15. The first kappa shape index (κ1) is 12.2. The second kappa shape index (κ2) is 5.02. The van der Waals surface area contributed by atoms with Gasteiger partial charge in [-0.15, -0.1) is 11.3 Å². The fourth-order valence-electron chi connectivity index (χ4n) is 1.90. The van der Waals surface area contributed by atoms with Gasteiger partial charge in [0.25, 0.3) is 0 Å². The van der Waals surface area contributed by atoms with Crippen molar-refractivity contribution < 1.29 is 9.84 Å². The van der Waals surface area contributed by atoms with Crippen molar-refractivity contribution in [3.05, 3.63) is 29.7 Å². The summed E-state index contributed by atoms with van der Waals surface area (Å²) in [6.45, 7) is 2.83. The highest BCUT2D eigenvalue weighted by Crippen LogP contribution is 2.27. The van der Waals surface area contributed by atoms with Crippen LogP contribution in [-0.4, -0.2) is 24.3 Å². The third-order valence-corrected chi connectivity index (χ3v) is 3.51. The zero-order valence-electron chi connectivity index (χ0n) is 10.5. The molecule has 0 aliphatic carbocycles. The molecule has 0 aromatic carbocycles. The van der Waals surface area contributed by atoms with Gasteiger partial charge in [-0.3, -0.25) is 9.08 Å². The fourth-order valence-corrected chi connectivity index (χ4v) is 2.62. The summed E-state index contributed by atoms with van der Waals surface area (Å²) < 4.78 is 9.36. The number of ether oxygens (including phenoxy) is 1. The number of hydrogen-bond donors (Lipinski definition) is 1. The number of aliphatic hydroxyl groups excluding tert-OH is 1. The Morgan fingerprint density at radius 2 is 2.37 bits per heavy atom. The number of aromatic nitrogens is 4. The summed E-state index contributed by atoms with van der Waals surface area (Å²) in [5, 5.41) is 15.6. The maximum absolute atomic E-state index is 9.43. The van der Waals surface area contributed by atoms with Gasteiger partial charge >= 0.3 is 0 Å². The number of aliphatic hydroxyl groups is 1. The van der Waals surface area contributed by atoms with Crippen molar-refractivity contribution in [2.45, 2.75) is 26.5 Å². The van der Waals surface area contributed by atoms with Crippen molar-refractivity contribution in [3.8, 4) is 11.6 Å². The Bertz CT molecular complexity index is 685. The molecule has 0 radical (unpaired) electrons. The van der Waals surface area contributed by atoms with Crippen LogP contribution in [0, 0.1) is 0 Å². The Kier molecular flexibility index (Phi) is 3.22. The van der Waals surface area contributed by atoms with E-state index in [1.165, 1.54) is 11.3 Å². The highest BCUT2D eigenvalue weighted by molar-refractivity contribution is 7.15. The van der Waals surface area contributed by atoms with Crippen molar-refractivity contribution >= 4 is 16.3 Å². The van der Waals surface area contributed by atoms with Crippen LogP contribution in [0.5, 0.6) is 11.6 Å². The quantitative estimate of drug-likeness (QED) is 0.777. The Morgan fingerprint density at radius 3 is 3.16 bits per heavy atom. The van der Waals surface area contributed by atoms with E-state index in [4.69, 9.17) is 4.74 Å². The molecule has 6 nitrogen and oxygen atoms in total. The molecule has 0 saturated carbocycles. The lowest BCUT2D eigenvalue weighted by molar-refractivity contribution is 0.270. The molecule has 0 fully saturated rings. The number of aryl methyl sites for hydroxylation is 1. The van der Waals surface area contributed by atoms with E-state index < -0.39 is 0 Å². The van der Waals surface area contributed by atoms with E-state index in [1.807, 2.05) is 26.9 Å². The van der Waals surface area contributed by atoms with Crippen LogP contribution >= 0.6 is 11.3 Å². The van der Waals surface area contributed by atoms with Crippen molar-refractivity contribution in [1.29, 1.82) is 0 Å². The lowest BCUT2D eigenvalue weighted by Crippen LogP contribution is -1.95. The highest BCUT2D eigenvalue weighted by atomic mass is 32.1. The molecule has 0 saturated heterocycles. The van der Waals surface area contributed by atoms with E-state index in [0.29, 0.717) is 17.3 Å². The van der Waals surface area contributed by atoms with E-state index in [-0.39, 0.29) is 6.61 Å². The zero-order chi connectivity index (χ0) is 13.2. The minimum Gasteiger partial charge on any atom is -0.434 e. The third-order valence-electron chi connectivity index (χ3n) is 2.75. The zero-order valence-corrected chi connectivity index (χ0v) is 11.3. The van der Waals surface area contributed by atoms with E-state index in [9.17, 15) is 5.11 Å². The summed E-state index contributed by atoms with van der Waals surface area (Å²) in [5.74, 6) is 1.07. The molecule has 3 heterocycles. The second-order valence-electron chi connectivity index (χ2n) is 4.12. The first-order chi connectivity index (χ1) is 9.31. The normalized spacial score (nSPS) is 11.3. The minimum atomic E-state index is -0.115. The first-order valence-corrected chi connectivity index (χ1v) is 6.95. The van der Waals surface area contributed by atoms with E-state index in [2.05, 4.69) is 17.0 Å². The number of thiazole rings is 1. The smallest absolute Gasteiger partial charge is 0.244 e. The Morgan fingerprint density at radius 1 is 1.47 bits per heavy atom. The van der Waals surface area contributed by atoms with E-state index in [0.717, 1.165) is 17.9 Å². The Hall–Kier alpha value is -1.86. The molecule has 7 heteroatoms. The maximum atomic E-state index is 9.43. The molecule has 0 atom stereocenters. The monoisotopic (exact) mass is 278 g/mol. The van der Waals surface area contributed by atoms with Crippen LogP contribution in [0.3, 0.4) is 0 Å². The molecule has 0 unspecified atom stereocenters. The summed E-state index contributed by atoms with van der Waals surface area (Å²) in [4.78, 5) is 5.16. The summed E-state index contributed by atoms with van der Waals surface area (Å²) in [6, 6.07) is 0. The van der Waals surface area contributed by atoms with Gasteiger partial charge in [0.15, 0.2) is 10.7 Å². The van der Waals surface area contributed by atoms with Crippen LogP contribution in [0.25, 0.3) is 4.96 Å². The SMILES string of the molecule is CCCn1cc(Oc2nc3sccn3c2CO)cn1. The summed E-state index contributed by atoms with van der Waals surface area (Å²) in [5.41, 5.74) is 0.652. The number of hydrogen-bond acceptors (Lipinski definition) is 5. The van der Waals surface area contributed by atoms with Gasteiger partial charge in [0, 0.05) is 18.1 Å². The molecular weight excluding hydrogens is 264 g/mol. The molecule has 0 bridgehead atoms. The van der Waals surface area contributed by atoms with Gasteiger partial charge < -0.3 is 9.84 Å². The average Bonchev–Trinajstić information content (AvgIpc) is 3.06. The molecule has 0 aliphatic heterocycles. The van der Waals surface area contributed by atoms with Crippen LogP contribution in [0.15, 0.2) is 24.0 Å². The lowest BCUT2D eigenvalue weighted by Gasteiger charge is -2.01. The number of rotatable bonds is 5. The predicted molar refractivity (Wildman–Crippen MR) is 71.6 cm³/mol. The van der Waals surface area contributed by atoms with Gasteiger partial charge in [-0.25, -0.2) is 0 Å². The van der Waals surface area contributed by atoms with Gasteiger partial charge in [0.2, 0.25) is 5.88 Å². The second-order valence-corrected chi connectivity index (χ2v) is 4.99. The summed E-state index contributed by atoms with van der Waals surface area (Å²) >= 11 is 1.50. The molecule has 0 amide bonds. The molecule has 1 N–H and O–H groups in total. The largest absolute Gasteiger partial charge is 0.434 e. The lowest BCUT2D eigenvalue weighted by atomic mass is 10.5. The van der Waals surface area contributed by atoms with Gasteiger partial charge in [-0.1, -0.05) is 6.92 Å². The van der Waals surface area contributed by atoms with Gasteiger partial charge in [0.05, 0.1) is 19.0 Å².